The normalized spacial score (nSPS) is 10.3. The minimum absolute atomic E-state index is 0.257. The second-order valence-corrected chi connectivity index (χ2v) is 5.12. The first kappa shape index (κ1) is 15.0. The molecule has 23 heavy (non-hydrogen) atoms. The van der Waals surface area contributed by atoms with Crippen LogP contribution in [0.3, 0.4) is 0 Å². The Kier molecular flexibility index (Phi) is 4.49. The lowest BCUT2D eigenvalue weighted by Gasteiger charge is -2.06. The van der Waals surface area contributed by atoms with E-state index in [2.05, 4.69) is 25.9 Å². The van der Waals surface area contributed by atoms with Gasteiger partial charge in [-0.3, -0.25) is 4.98 Å². The van der Waals surface area contributed by atoms with Crippen LogP contribution in [-0.2, 0) is 6.54 Å². The van der Waals surface area contributed by atoms with Gasteiger partial charge in [0.25, 0.3) is 0 Å². The maximum Gasteiger partial charge on any atom is 0.319 e. The molecule has 0 aliphatic rings. The molecule has 8 heteroatoms. The van der Waals surface area contributed by atoms with Crippen LogP contribution in [0.25, 0.3) is 5.69 Å². The standard InChI is InChI=1S/C15H13ClN6O/c16-11-3-1-4-12(7-11)19-15(23)18-8-13-10-22(21-20-13)14-5-2-6-17-9-14/h1-7,9-10H,8H2,(H2,18,19,23). The number of halogens is 1. The van der Waals surface area contributed by atoms with Crippen molar-refractivity contribution < 1.29 is 4.79 Å². The molecule has 0 aliphatic carbocycles. The van der Waals surface area contributed by atoms with Crippen LogP contribution >= 0.6 is 11.6 Å². The summed E-state index contributed by atoms with van der Waals surface area (Å²) in [4.78, 5) is 15.9. The summed E-state index contributed by atoms with van der Waals surface area (Å²) in [7, 11) is 0. The molecule has 0 saturated heterocycles. The fraction of sp³-hybridized carbons (Fsp3) is 0.0667. The third-order valence-corrected chi connectivity index (χ3v) is 3.20. The quantitative estimate of drug-likeness (QED) is 0.771. The first-order valence-corrected chi connectivity index (χ1v) is 7.20. The molecule has 0 saturated carbocycles. The molecular weight excluding hydrogens is 316 g/mol. The van der Waals surface area contributed by atoms with Gasteiger partial charge in [0, 0.05) is 16.9 Å². The lowest BCUT2D eigenvalue weighted by molar-refractivity contribution is 0.251. The van der Waals surface area contributed by atoms with Crippen molar-refractivity contribution in [2.75, 3.05) is 5.32 Å². The van der Waals surface area contributed by atoms with Crippen LogP contribution in [0.2, 0.25) is 5.02 Å². The molecule has 2 heterocycles. The number of anilines is 1. The van der Waals surface area contributed by atoms with Gasteiger partial charge < -0.3 is 10.6 Å². The van der Waals surface area contributed by atoms with Crippen LogP contribution < -0.4 is 10.6 Å². The zero-order valence-electron chi connectivity index (χ0n) is 12.0. The minimum Gasteiger partial charge on any atom is -0.332 e. The van der Waals surface area contributed by atoms with Crippen LogP contribution in [-0.4, -0.2) is 26.0 Å². The van der Waals surface area contributed by atoms with Gasteiger partial charge in [-0.15, -0.1) is 5.10 Å². The summed E-state index contributed by atoms with van der Waals surface area (Å²) in [6.45, 7) is 0.257. The van der Waals surface area contributed by atoms with Crippen molar-refractivity contribution in [1.29, 1.82) is 0 Å². The molecule has 2 N–H and O–H groups in total. The first-order chi connectivity index (χ1) is 11.2. The number of hydrogen-bond acceptors (Lipinski definition) is 4. The molecule has 1 aromatic carbocycles. The lowest BCUT2D eigenvalue weighted by Crippen LogP contribution is -2.28. The van der Waals surface area contributed by atoms with Gasteiger partial charge in [0.2, 0.25) is 0 Å². The fourth-order valence-corrected chi connectivity index (χ4v) is 2.10. The van der Waals surface area contributed by atoms with Gasteiger partial charge in [-0.25, -0.2) is 9.48 Å². The molecule has 116 valence electrons. The first-order valence-electron chi connectivity index (χ1n) is 6.83. The number of carbonyl (C=O) groups is 1. The lowest BCUT2D eigenvalue weighted by atomic mass is 10.3. The van der Waals surface area contributed by atoms with Gasteiger partial charge in [-0.2, -0.15) is 0 Å². The topological polar surface area (TPSA) is 84.7 Å². The second kappa shape index (κ2) is 6.89. The van der Waals surface area contributed by atoms with E-state index in [0.717, 1.165) is 5.69 Å². The van der Waals surface area contributed by atoms with Gasteiger partial charge in [0.15, 0.2) is 0 Å². The van der Waals surface area contributed by atoms with Crippen molar-refractivity contribution in [2.24, 2.45) is 0 Å². The smallest absolute Gasteiger partial charge is 0.319 e. The molecule has 0 radical (unpaired) electrons. The summed E-state index contributed by atoms with van der Waals surface area (Å²) < 4.78 is 1.60. The fourth-order valence-electron chi connectivity index (χ4n) is 1.91. The molecule has 0 spiro atoms. The van der Waals surface area contributed by atoms with Gasteiger partial charge in [0.05, 0.1) is 24.6 Å². The SMILES string of the molecule is O=C(NCc1cn(-c2cccnc2)nn1)Nc1cccc(Cl)c1. The summed E-state index contributed by atoms with van der Waals surface area (Å²) in [6, 6.07) is 10.3. The number of hydrogen-bond donors (Lipinski definition) is 2. The van der Waals surface area contributed by atoms with Gasteiger partial charge >= 0.3 is 6.03 Å². The minimum atomic E-state index is -0.344. The monoisotopic (exact) mass is 328 g/mol. The number of carbonyl (C=O) groups excluding carboxylic acids is 1. The van der Waals surface area contributed by atoms with Crippen LogP contribution in [0.4, 0.5) is 10.5 Å². The highest BCUT2D eigenvalue weighted by Crippen LogP contribution is 2.14. The van der Waals surface area contributed by atoms with Crippen molar-refractivity contribution in [3.63, 3.8) is 0 Å². The number of amides is 2. The van der Waals surface area contributed by atoms with Crippen molar-refractivity contribution in [2.45, 2.75) is 6.54 Å². The Balaban J connectivity index is 1.56. The van der Waals surface area contributed by atoms with Crippen molar-refractivity contribution in [1.82, 2.24) is 25.3 Å². The number of aromatic nitrogens is 4. The second-order valence-electron chi connectivity index (χ2n) is 4.68. The van der Waals surface area contributed by atoms with Gasteiger partial charge in [0.1, 0.15) is 5.69 Å². The molecule has 3 aromatic rings. The predicted octanol–water partition coefficient (Wildman–Crippen LogP) is 2.64. The number of nitrogens with zero attached hydrogens (tertiary/aromatic N) is 4. The average Bonchev–Trinajstić information content (AvgIpc) is 3.03. The Bertz CT molecular complexity index is 804. The maximum atomic E-state index is 11.8. The summed E-state index contributed by atoms with van der Waals surface area (Å²) in [5.41, 5.74) is 2.05. The summed E-state index contributed by atoms with van der Waals surface area (Å²) in [5.74, 6) is 0. The van der Waals surface area contributed by atoms with Crippen molar-refractivity contribution >= 4 is 23.3 Å². The highest BCUT2D eigenvalue weighted by molar-refractivity contribution is 6.30. The number of benzene rings is 1. The zero-order chi connectivity index (χ0) is 16.1. The number of urea groups is 1. The Morgan fingerprint density at radius 3 is 2.96 bits per heavy atom. The third kappa shape index (κ3) is 4.04. The van der Waals surface area contributed by atoms with E-state index >= 15 is 0 Å². The molecular formula is C15H13ClN6O. The van der Waals surface area contributed by atoms with E-state index in [9.17, 15) is 4.79 Å². The Morgan fingerprint density at radius 2 is 2.17 bits per heavy atom. The van der Waals surface area contributed by atoms with Crippen molar-refractivity contribution in [3.8, 4) is 5.69 Å². The molecule has 2 amide bonds. The molecule has 2 aromatic heterocycles. The summed E-state index contributed by atoms with van der Waals surface area (Å²) >= 11 is 5.86. The van der Waals surface area contributed by atoms with E-state index in [4.69, 9.17) is 11.6 Å². The molecule has 7 nitrogen and oxygen atoms in total. The predicted molar refractivity (Wildman–Crippen MR) is 86.5 cm³/mol. The van der Waals surface area contributed by atoms with Crippen LogP contribution in [0.1, 0.15) is 5.69 Å². The average molecular weight is 329 g/mol. The Morgan fingerprint density at radius 1 is 1.26 bits per heavy atom. The Hall–Kier alpha value is -2.93. The number of nitrogens with one attached hydrogen (secondary N) is 2. The molecule has 0 bridgehead atoms. The maximum absolute atomic E-state index is 11.8. The van der Waals surface area contributed by atoms with E-state index in [1.54, 1.807) is 47.5 Å². The van der Waals surface area contributed by atoms with E-state index < -0.39 is 0 Å². The molecule has 3 rings (SSSR count). The van der Waals surface area contributed by atoms with Crippen molar-refractivity contribution in [3.05, 3.63) is 65.7 Å². The summed E-state index contributed by atoms with van der Waals surface area (Å²) in [6.07, 6.45) is 5.09. The number of pyridine rings is 1. The van der Waals surface area contributed by atoms with Crippen LogP contribution in [0, 0.1) is 0 Å². The molecule has 0 atom stereocenters. The van der Waals surface area contributed by atoms with E-state index in [1.807, 2.05) is 12.1 Å². The highest BCUT2D eigenvalue weighted by Gasteiger charge is 2.06. The largest absolute Gasteiger partial charge is 0.332 e. The molecule has 0 fully saturated rings. The van der Waals surface area contributed by atoms with Gasteiger partial charge in [-0.1, -0.05) is 22.9 Å². The highest BCUT2D eigenvalue weighted by atomic mass is 35.5. The Labute approximate surface area is 137 Å². The summed E-state index contributed by atoms with van der Waals surface area (Å²) in [5, 5.41) is 14.0. The van der Waals surface area contributed by atoms with E-state index in [-0.39, 0.29) is 12.6 Å². The number of rotatable bonds is 4. The van der Waals surface area contributed by atoms with Crippen LogP contribution in [0.5, 0.6) is 0 Å². The van der Waals surface area contributed by atoms with E-state index in [1.165, 1.54) is 0 Å². The van der Waals surface area contributed by atoms with Crippen LogP contribution in [0.15, 0.2) is 55.0 Å². The molecule has 0 unspecified atom stereocenters. The molecule has 0 aliphatic heterocycles. The van der Waals surface area contributed by atoms with E-state index in [0.29, 0.717) is 16.4 Å². The zero-order valence-corrected chi connectivity index (χ0v) is 12.7. The van der Waals surface area contributed by atoms with Gasteiger partial charge in [-0.05, 0) is 30.3 Å². The third-order valence-electron chi connectivity index (χ3n) is 2.96.